The van der Waals surface area contributed by atoms with E-state index >= 15 is 0 Å². The predicted molar refractivity (Wildman–Crippen MR) is 62.0 cm³/mol. The number of hydrogen-bond donors (Lipinski definition) is 2. The first-order valence-electron chi connectivity index (χ1n) is 3.39. The van der Waals surface area contributed by atoms with E-state index in [1.807, 2.05) is 7.57 Å². The maximum absolute atomic E-state index is 10.7. The van der Waals surface area contributed by atoms with Gasteiger partial charge in [-0.25, -0.2) is 0 Å². The first kappa shape index (κ1) is 12.9. The van der Waals surface area contributed by atoms with Gasteiger partial charge in [-0.2, -0.15) is 0 Å². The number of carboxylic acid groups (broad SMARTS) is 2. The molecule has 0 saturated carbocycles. The van der Waals surface area contributed by atoms with E-state index in [1.54, 1.807) is 0 Å². The number of halogens is 1. The Balaban J connectivity index is 4.52. The van der Waals surface area contributed by atoms with Crippen molar-refractivity contribution < 1.29 is 19.8 Å². The van der Waals surface area contributed by atoms with Crippen molar-refractivity contribution in [2.24, 2.45) is 5.92 Å². The lowest BCUT2D eigenvalue weighted by atomic mass is 10.1. The molecule has 0 radical (unpaired) electrons. The van der Waals surface area contributed by atoms with Crippen LogP contribution in [0.15, 0.2) is 11.9 Å². The third kappa shape index (κ3) is 4.62. The second-order valence-corrected chi connectivity index (χ2v) is 8.33. The second-order valence-electron chi connectivity index (χ2n) is 2.46. The molecule has 0 amide bonds. The van der Waals surface area contributed by atoms with Crippen LogP contribution in [0.4, 0.5) is 0 Å². The molecule has 0 bridgehead atoms. The Bertz CT molecular complexity index is 243. The zero-order valence-electron chi connectivity index (χ0n) is 7.03. The summed E-state index contributed by atoms with van der Waals surface area (Å²) in [4.78, 5) is 21.0. The molecule has 7 heteroatoms. The van der Waals surface area contributed by atoms with Crippen molar-refractivity contribution >= 4 is 47.0 Å². The van der Waals surface area contributed by atoms with E-state index in [4.69, 9.17) is 10.2 Å². The van der Waals surface area contributed by atoms with E-state index in [-0.39, 0.29) is 6.42 Å². The summed E-state index contributed by atoms with van der Waals surface area (Å²) < 4.78 is 0. The highest BCUT2D eigenvalue weighted by Gasteiger charge is 2.25. The predicted octanol–water partition coefficient (Wildman–Crippen LogP) is 1.06. The summed E-state index contributed by atoms with van der Waals surface area (Å²) in [6.45, 7) is 3.61. The van der Waals surface area contributed by atoms with Gasteiger partial charge in [-0.1, -0.05) is 34.1 Å². The van der Waals surface area contributed by atoms with Crippen LogP contribution >= 0.6 is 27.5 Å². The Labute approximate surface area is 91.0 Å². The van der Waals surface area contributed by atoms with Crippen molar-refractivity contribution in [3.05, 3.63) is 11.9 Å². The molecule has 2 N–H and O–H groups in total. The van der Waals surface area contributed by atoms with Crippen LogP contribution in [-0.2, 0) is 9.59 Å². The van der Waals surface area contributed by atoms with Crippen molar-refractivity contribution in [3.63, 3.8) is 0 Å². The largest absolute Gasteiger partial charge is 0.481 e. The highest BCUT2D eigenvalue weighted by atomic mass is 127. The molecule has 13 heavy (non-hydrogen) atoms. The van der Waals surface area contributed by atoms with Crippen LogP contribution in [0.25, 0.3) is 0 Å². The Morgan fingerprint density at radius 3 is 2.23 bits per heavy atom. The Morgan fingerprint density at radius 2 is 2.00 bits per heavy atom. The number of carbonyl (C=O) groups is 2. The van der Waals surface area contributed by atoms with Gasteiger partial charge in [0.2, 0.25) is 0 Å². The van der Waals surface area contributed by atoms with Crippen LogP contribution in [0, 0.1) is 5.92 Å². The topological polar surface area (TPSA) is 74.6 Å². The minimum Gasteiger partial charge on any atom is -0.481 e. The van der Waals surface area contributed by atoms with E-state index in [1.165, 1.54) is 0 Å². The molecule has 0 aliphatic heterocycles. The Kier molecular flexibility index (Phi) is 5.56. The minimum absolute atomic E-state index is 0.385. The van der Waals surface area contributed by atoms with Crippen LogP contribution in [-0.4, -0.2) is 29.7 Å². The average Bonchev–Trinajstić information content (AvgIpc) is 1.97. The quantitative estimate of drug-likeness (QED) is 0.452. The first-order chi connectivity index (χ1) is 5.86. The van der Waals surface area contributed by atoms with Crippen molar-refractivity contribution in [1.82, 2.24) is 0 Å². The molecule has 0 heterocycles. The van der Waals surface area contributed by atoms with E-state index in [9.17, 15) is 9.59 Å². The third-order valence-corrected chi connectivity index (χ3v) is 4.44. The average molecular weight is 314 g/mol. The molecule has 0 saturated heterocycles. The third-order valence-electron chi connectivity index (χ3n) is 1.47. The fourth-order valence-electron chi connectivity index (χ4n) is 0.737. The molecule has 0 spiro atoms. The van der Waals surface area contributed by atoms with E-state index in [0.717, 1.165) is 0 Å². The Hall–Kier alpha value is -0.0951. The van der Waals surface area contributed by atoms with Crippen LogP contribution in [0.3, 0.4) is 0 Å². The Morgan fingerprint density at radius 1 is 1.54 bits per heavy atom. The minimum atomic E-state index is -1.11. The van der Waals surface area contributed by atoms with Crippen LogP contribution in [0.1, 0.15) is 6.42 Å². The van der Waals surface area contributed by atoms with Gasteiger partial charge in [-0.15, -0.1) is 0 Å². The zero-order chi connectivity index (χ0) is 10.6. The fraction of sp³-hybridized carbons (Fsp3) is 0.333. The molecular weight excluding hydrogens is 305 g/mol. The van der Waals surface area contributed by atoms with E-state index in [0.29, 0.717) is 5.31 Å². The molecule has 72 valence electrons. The molecule has 2 unspecified atom stereocenters. The SMILES string of the molecule is BP(I)C(=C)C(CC(=O)O)C(=O)O. The summed E-state index contributed by atoms with van der Waals surface area (Å²) in [6.07, 6.45) is -0.385. The molecule has 0 aliphatic carbocycles. The maximum atomic E-state index is 10.7. The standard InChI is InChI=1S/C6H9BIO4P/c1-3(13(7)8)4(6(11)12)2-5(9)10/h4H,1-2,7H2,(H,9,10)(H,11,12). The van der Waals surface area contributed by atoms with Gasteiger partial charge in [0.05, 0.1) is 12.3 Å². The number of rotatable bonds is 5. The van der Waals surface area contributed by atoms with Gasteiger partial charge in [0.15, 0.2) is 7.57 Å². The van der Waals surface area contributed by atoms with Crippen molar-refractivity contribution in [1.29, 1.82) is 0 Å². The summed E-state index contributed by atoms with van der Waals surface area (Å²) in [5.74, 6) is -3.18. The lowest BCUT2D eigenvalue weighted by Gasteiger charge is -2.15. The molecular formula is C6H9BIO4P. The van der Waals surface area contributed by atoms with Crippen molar-refractivity contribution in [3.8, 4) is 0 Å². The summed E-state index contributed by atoms with van der Waals surface area (Å²) in [7, 11) is 1.84. The van der Waals surface area contributed by atoms with Crippen molar-refractivity contribution in [2.75, 3.05) is 0 Å². The molecule has 4 nitrogen and oxygen atoms in total. The van der Waals surface area contributed by atoms with Gasteiger partial charge in [-0.05, 0) is 5.31 Å². The van der Waals surface area contributed by atoms with E-state index in [2.05, 4.69) is 28.6 Å². The monoisotopic (exact) mass is 314 g/mol. The molecule has 0 aliphatic rings. The van der Waals surface area contributed by atoms with Gasteiger partial charge < -0.3 is 10.2 Å². The number of hydrogen-bond acceptors (Lipinski definition) is 2. The van der Waals surface area contributed by atoms with Crippen LogP contribution in [0.2, 0.25) is 0 Å². The first-order valence-corrected chi connectivity index (χ1v) is 7.96. The van der Waals surface area contributed by atoms with Gasteiger partial charge in [0.25, 0.3) is 0 Å². The molecule has 2 atom stereocenters. The summed E-state index contributed by atoms with van der Waals surface area (Å²) >= 11 is 2.07. The van der Waals surface area contributed by atoms with Gasteiger partial charge in [0, 0.05) is 0 Å². The van der Waals surface area contributed by atoms with Crippen molar-refractivity contribution in [2.45, 2.75) is 6.42 Å². The second kappa shape index (κ2) is 5.60. The molecule has 0 aromatic rings. The molecule has 0 aromatic heterocycles. The number of carboxylic acids is 2. The fourth-order valence-corrected chi connectivity index (χ4v) is 2.38. The van der Waals surface area contributed by atoms with Crippen LogP contribution < -0.4 is 0 Å². The normalized spacial score (nSPS) is 14.5. The van der Waals surface area contributed by atoms with Crippen LogP contribution in [0.5, 0.6) is 0 Å². The highest BCUT2D eigenvalue weighted by Crippen LogP contribution is 2.51. The lowest BCUT2D eigenvalue weighted by molar-refractivity contribution is -0.146. The summed E-state index contributed by atoms with van der Waals surface area (Å²) in [5, 5.41) is 17.7. The van der Waals surface area contributed by atoms with E-state index < -0.39 is 23.3 Å². The molecule has 0 fully saturated rings. The smallest absolute Gasteiger partial charge is 0.311 e. The summed E-state index contributed by atoms with van der Waals surface area (Å²) in [5.41, 5.74) is -0.633. The highest BCUT2D eigenvalue weighted by molar-refractivity contribution is 14.2. The molecule has 0 rings (SSSR count). The summed E-state index contributed by atoms with van der Waals surface area (Å²) in [6, 6.07) is 0. The molecule has 0 aromatic carbocycles. The van der Waals surface area contributed by atoms with Gasteiger partial charge in [-0.3, -0.25) is 9.59 Å². The van der Waals surface area contributed by atoms with Gasteiger partial charge in [0.1, 0.15) is 0 Å². The number of aliphatic carboxylic acids is 2. The lowest BCUT2D eigenvalue weighted by Crippen LogP contribution is -2.18. The maximum Gasteiger partial charge on any atom is 0.311 e. The van der Waals surface area contributed by atoms with Gasteiger partial charge >= 0.3 is 11.9 Å². The zero-order valence-corrected chi connectivity index (χ0v) is 10.1.